The summed E-state index contributed by atoms with van der Waals surface area (Å²) < 4.78 is 7.30. The summed E-state index contributed by atoms with van der Waals surface area (Å²) in [5.41, 5.74) is 0.937. The Hall–Kier alpha value is -1.97. The van der Waals surface area contributed by atoms with Crippen LogP contribution in [0.3, 0.4) is 0 Å². The molecule has 1 saturated heterocycles. The SMILES string of the molecule is Cc1cccnc1NC(=O)CSc1nnc(CN2CCOCC2)n1C. The average molecular weight is 362 g/mol. The van der Waals surface area contributed by atoms with E-state index in [9.17, 15) is 4.79 Å². The van der Waals surface area contributed by atoms with Crippen LogP contribution in [-0.4, -0.2) is 62.6 Å². The number of nitrogens with zero attached hydrogens (tertiary/aromatic N) is 5. The molecule has 8 nitrogen and oxygen atoms in total. The Morgan fingerprint density at radius 2 is 2.16 bits per heavy atom. The standard InChI is InChI=1S/C16H22N6O2S/c1-12-4-3-5-17-15(12)18-14(23)11-25-16-20-19-13(21(16)2)10-22-6-8-24-9-7-22/h3-5H,6-11H2,1-2H3,(H,17,18,23). The molecule has 1 aliphatic heterocycles. The summed E-state index contributed by atoms with van der Waals surface area (Å²) in [7, 11) is 1.93. The zero-order valence-corrected chi connectivity index (χ0v) is 15.3. The first kappa shape index (κ1) is 17.8. The molecule has 0 atom stereocenters. The van der Waals surface area contributed by atoms with Gasteiger partial charge in [-0.2, -0.15) is 0 Å². The number of amides is 1. The quantitative estimate of drug-likeness (QED) is 0.770. The van der Waals surface area contributed by atoms with Gasteiger partial charge in [-0.3, -0.25) is 9.69 Å². The second-order valence-corrected chi connectivity index (χ2v) is 6.79. The summed E-state index contributed by atoms with van der Waals surface area (Å²) >= 11 is 1.37. The van der Waals surface area contributed by atoms with Crippen molar-refractivity contribution in [3.63, 3.8) is 0 Å². The van der Waals surface area contributed by atoms with E-state index in [2.05, 4.69) is 25.4 Å². The molecule has 1 N–H and O–H groups in total. The number of aryl methyl sites for hydroxylation is 1. The van der Waals surface area contributed by atoms with Gasteiger partial charge in [0, 0.05) is 26.3 Å². The maximum absolute atomic E-state index is 12.1. The average Bonchev–Trinajstić information content (AvgIpc) is 2.96. The van der Waals surface area contributed by atoms with Gasteiger partial charge in [0.2, 0.25) is 5.91 Å². The Morgan fingerprint density at radius 1 is 1.36 bits per heavy atom. The van der Waals surface area contributed by atoms with Crippen molar-refractivity contribution < 1.29 is 9.53 Å². The van der Waals surface area contributed by atoms with Crippen LogP contribution in [-0.2, 0) is 23.1 Å². The van der Waals surface area contributed by atoms with Crippen molar-refractivity contribution in [1.29, 1.82) is 0 Å². The molecule has 3 heterocycles. The lowest BCUT2D eigenvalue weighted by Crippen LogP contribution is -2.36. The Bertz CT molecular complexity index is 729. The molecular weight excluding hydrogens is 340 g/mol. The molecule has 0 radical (unpaired) electrons. The third kappa shape index (κ3) is 4.77. The maximum atomic E-state index is 12.1. The Kier molecular flexibility index (Phi) is 6.00. The van der Waals surface area contributed by atoms with Crippen molar-refractivity contribution >= 4 is 23.5 Å². The first-order chi connectivity index (χ1) is 12.1. The fourth-order valence-electron chi connectivity index (χ4n) is 2.48. The molecule has 0 bridgehead atoms. The lowest BCUT2D eigenvalue weighted by Gasteiger charge is -2.25. The molecule has 3 rings (SSSR count). The van der Waals surface area contributed by atoms with Gasteiger partial charge >= 0.3 is 0 Å². The van der Waals surface area contributed by atoms with Gasteiger partial charge in [0.25, 0.3) is 0 Å². The topological polar surface area (TPSA) is 85.2 Å². The molecule has 0 aliphatic carbocycles. The van der Waals surface area contributed by atoms with Gasteiger partial charge in [-0.25, -0.2) is 4.98 Å². The molecule has 134 valence electrons. The number of aromatic nitrogens is 4. The van der Waals surface area contributed by atoms with Gasteiger partial charge in [0.1, 0.15) is 11.6 Å². The summed E-state index contributed by atoms with van der Waals surface area (Å²) in [4.78, 5) is 18.6. The van der Waals surface area contributed by atoms with Crippen molar-refractivity contribution in [3.05, 3.63) is 29.7 Å². The van der Waals surface area contributed by atoms with Gasteiger partial charge in [-0.05, 0) is 18.6 Å². The third-order valence-electron chi connectivity index (χ3n) is 3.99. The van der Waals surface area contributed by atoms with Crippen molar-refractivity contribution in [3.8, 4) is 0 Å². The van der Waals surface area contributed by atoms with E-state index in [0.717, 1.165) is 49.4 Å². The van der Waals surface area contributed by atoms with Gasteiger partial charge < -0.3 is 14.6 Å². The molecule has 0 spiro atoms. The zero-order valence-electron chi connectivity index (χ0n) is 14.4. The highest BCUT2D eigenvalue weighted by molar-refractivity contribution is 7.99. The van der Waals surface area contributed by atoms with Crippen LogP contribution < -0.4 is 5.32 Å². The second kappa shape index (κ2) is 8.41. The summed E-state index contributed by atoms with van der Waals surface area (Å²) in [6, 6.07) is 3.76. The lowest BCUT2D eigenvalue weighted by molar-refractivity contribution is -0.113. The van der Waals surface area contributed by atoms with Crippen LogP contribution in [0.4, 0.5) is 5.82 Å². The minimum atomic E-state index is -0.107. The fraction of sp³-hybridized carbons (Fsp3) is 0.500. The predicted molar refractivity (Wildman–Crippen MR) is 95.4 cm³/mol. The van der Waals surface area contributed by atoms with E-state index in [1.807, 2.05) is 30.7 Å². The van der Waals surface area contributed by atoms with Crippen LogP contribution in [0.2, 0.25) is 0 Å². The minimum absolute atomic E-state index is 0.107. The van der Waals surface area contributed by atoms with Gasteiger partial charge in [0.05, 0.1) is 25.5 Å². The maximum Gasteiger partial charge on any atom is 0.236 e. The van der Waals surface area contributed by atoms with Crippen molar-refractivity contribution in [2.45, 2.75) is 18.6 Å². The normalized spacial score (nSPS) is 15.3. The molecule has 1 amide bonds. The third-order valence-corrected chi connectivity index (χ3v) is 5.01. The number of hydrogen-bond donors (Lipinski definition) is 1. The number of ether oxygens (including phenoxy) is 1. The molecule has 9 heteroatoms. The van der Waals surface area contributed by atoms with Crippen LogP contribution in [0, 0.1) is 6.92 Å². The zero-order chi connectivity index (χ0) is 17.6. The smallest absolute Gasteiger partial charge is 0.236 e. The van der Waals surface area contributed by atoms with Gasteiger partial charge in [-0.1, -0.05) is 17.8 Å². The van der Waals surface area contributed by atoms with Crippen LogP contribution in [0.1, 0.15) is 11.4 Å². The largest absolute Gasteiger partial charge is 0.379 e. The number of nitrogens with one attached hydrogen (secondary N) is 1. The highest BCUT2D eigenvalue weighted by Crippen LogP contribution is 2.17. The van der Waals surface area contributed by atoms with Gasteiger partial charge in [-0.15, -0.1) is 10.2 Å². The fourth-order valence-corrected chi connectivity index (χ4v) is 3.21. The minimum Gasteiger partial charge on any atom is -0.379 e. The van der Waals surface area contributed by atoms with E-state index in [1.54, 1.807) is 6.20 Å². The molecule has 25 heavy (non-hydrogen) atoms. The monoisotopic (exact) mass is 362 g/mol. The molecule has 1 aliphatic rings. The Balaban J connectivity index is 1.53. The van der Waals surface area contributed by atoms with E-state index in [-0.39, 0.29) is 11.7 Å². The Morgan fingerprint density at radius 3 is 2.92 bits per heavy atom. The molecule has 0 saturated carbocycles. The highest BCUT2D eigenvalue weighted by atomic mass is 32.2. The lowest BCUT2D eigenvalue weighted by atomic mass is 10.3. The number of carbonyl (C=O) groups excluding carboxylic acids is 1. The van der Waals surface area contributed by atoms with Crippen LogP contribution >= 0.6 is 11.8 Å². The van der Waals surface area contributed by atoms with E-state index in [0.29, 0.717) is 5.82 Å². The highest BCUT2D eigenvalue weighted by Gasteiger charge is 2.16. The Labute approximate surface area is 151 Å². The van der Waals surface area contributed by atoms with Crippen LogP contribution in [0.15, 0.2) is 23.5 Å². The number of rotatable bonds is 6. The molecular formula is C16H22N6O2S. The van der Waals surface area contributed by atoms with Crippen LogP contribution in [0.25, 0.3) is 0 Å². The van der Waals surface area contributed by atoms with E-state index in [4.69, 9.17) is 4.74 Å². The predicted octanol–water partition coefficient (Wildman–Crippen LogP) is 1.08. The molecule has 2 aromatic heterocycles. The number of thioether (sulfide) groups is 1. The molecule has 2 aromatic rings. The molecule has 1 fully saturated rings. The summed E-state index contributed by atoms with van der Waals surface area (Å²) in [6.07, 6.45) is 1.66. The number of anilines is 1. The van der Waals surface area contributed by atoms with E-state index < -0.39 is 0 Å². The second-order valence-electron chi connectivity index (χ2n) is 5.85. The van der Waals surface area contributed by atoms with Gasteiger partial charge in [0.15, 0.2) is 5.16 Å². The number of carbonyl (C=O) groups is 1. The number of hydrogen-bond acceptors (Lipinski definition) is 7. The number of morpholine rings is 1. The molecule has 0 unspecified atom stereocenters. The summed E-state index contributed by atoms with van der Waals surface area (Å²) in [6.45, 7) is 5.98. The van der Waals surface area contributed by atoms with Crippen molar-refractivity contribution in [2.75, 3.05) is 37.4 Å². The summed E-state index contributed by atoms with van der Waals surface area (Å²) in [5, 5.41) is 12.0. The van der Waals surface area contributed by atoms with E-state index >= 15 is 0 Å². The first-order valence-corrected chi connectivity index (χ1v) is 9.14. The summed E-state index contributed by atoms with van der Waals surface area (Å²) in [5.74, 6) is 1.65. The van der Waals surface area contributed by atoms with Crippen molar-refractivity contribution in [2.24, 2.45) is 7.05 Å². The first-order valence-electron chi connectivity index (χ1n) is 8.16. The van der Waals surface area contributed by atoms with Crippen molar-refractivity contribution in [1.82, 2.24) is 24.6 Å². The number of pyridine rings is 1. The van der Waals surface area contributed by atoms with Crippen LogP contribution in [0.5, 0.6) is 0 Å². The van der Waals surface area contributed by atoms with E-state index in [1.165, 1.54) is 11.8 Å². The molecule has 0 aromatic carbocycles.